The lowest BCUT2D eigenvalue weighted by molar-refractivity contribution is -0.0380. The number of hydrogen-bond acceptors (Lipinski definition) is 4. The number of methoxy groups -OCH3 is 1. The molecule has 0 spiro atoms. The Morgan fingerprint density at radius 3 is 2.95 bits per heavy atom. The van der Waals surface area contributed by atoms with Crippen LogP contribution >= 0.6 is 0 Å². The Bertz CT molecular complexity index is 467. The van der Waals surface area contributed by atoms with Crippen molar-refractivity contribution in [2.75, 3.05) is 20.3 Å². The average Bonchev–Trinajstić information content (AvgIpc) is 2.84. The highest BCUT2D eigenvalue weighted by Gasteiger charge is 2.32. The van der Waals surface area contributed by atoms with Crippen molar-refractivity contribution in [1.82, 2.24) is 0 Å². The van der Waals surface area contributed by atoms with Gasteiger partial charge in [-0.15, -0.1) is 0 Å². The van der Waals surface area contributed by atoms with E-state index in [4.69, 9.17) is 14.2 Å². The third-order valence-corrected chi connectivity index (χ3v) is 3.21. The van der Waals surface area contributed by atoms with Crippen LogP contribution in [0, 0.1) is 5.82 Å². The van der Waals surface area contributed by atoms with Crippen LogP contribution < -0.4 is 4.74 Å². The molecule has 0 bridgehead atoms. The summed E-state index contributed by atoms with van der Waals surface area (Å²) in [6.07, 6.45) is 1.78. The second kappa shape index (κ2) is 5.57. The molecule has 1 heterocycles. The van der Waals surface area contributed by atoms with E-state index < -0.39 is 17.4 Å². The number of hydrogen-bond donors (Lipinski definition) is 0. The number of rotatable bonds is 4. The van der Waals surface area contributed by atoms with Crippen molar-refractivity contribution in [3.63, 3.8) is 0 Å². The second-order valence-corrected chi connectivity index (χ2v) is 4.80. The van der Waals surface area contributed by atoms with Gasteiger partial charge in [0, 0.05) is 6.61 Å². The summed E-state index contributed by atoms with van der Waals surface area (Å²) in [6, 6.07) is 4.37. The first-order valence-corrected chi connectivity index (χ1v) is 6.19. The summed E-state index contributed by atoms with van der Waals surface area (Å²) in [5, 5.41) is 0. The molecule has 1 fully saturated rings. The average molecular weight is 268 g/mol. The Hall–Kier alpha value is -1.62. The molecule has 0 unspecified atom stereocenters. The van der Waals surface area contributed by atoms with Crippen molar-refractivity contribution in [3.8, 4) is 5.75 Å². The molecule has 0 amide bonds. The molecule has 0 radical (unpaired) electrons. The molecule has 1 aliphatic heterocycles. The van der Waals surface area contributed by atoms with Crippen LogP contribution in [0.1, 0.15) is 30.1 Å². The lowest BCUT2D eigenvalue weighted by Crippen LogP contribution is -2.31. The highest BCUT2D eigenvalue weighted by Crippen LogP contribution is 2.26. The van der Waals surface area contributed by atoms with Crippen LogP contribution in [0.5, 0.6) is 5.75 Å². The van der Waals surface area contributed by atoms with E-state index in [2.05, 4.69) is 0 Å². The Labute approximate surface area is 111 Å². The summed E-state index contributed by atoms with van der Waals surface area (Å²) in [5.74, 6) is -1.38. The van der Waals surface area contributed by atoms with Gasteiger partial charge in [0.15, 0.2) is 11.6 Å². The quantitative estimate of drug-likeness (QED) is 0.787. The minimum Gasteiger partial charge on any atom is -0.494 e. The molecule has 0 saturated carbocycles. The van der Waals surface area contributed by atoms with Crippen LogP contribution in [0.3, 0.4) is 0 Å². The van der Waals surface area contributed by atoms with Crippen LogP contribution in [0.15, 0.2) is 18.2 Å². The van der Waals surface area contributed by atoms with E-state index in [0.717, 1.165) is 12.8 Å². The molecule has 0 N–H and O–H groups in total. The van der Waals surface area contributed by atoms with Gasteiger partial charge in [-0.05, 0) is 31.9 Å². The molecule has 4 nitrogen and oxygen atoms in total. The number of benzene rings is 1. The van der Waals surface area contributed by atoms with E-state index in [-0.39, 0.29) is 17.9 Å². The van der Waals surface area contributed by atoms with E-state index in [9.17, 15) is 9.18 Å². The lowest BCUT2D eigenvalue weighted by atomic mass is 10.0. The highest BCUT2D eigenvalue weighted by molar-refractivity contribution is 5.90. The first-order valence-electron chi connectivity index (χ1n) is 6.19. The van der Waals surface area contributed by atoms with Crippen LogP contribution in [-0.4, -0.2) is 31.9 Å². The van der Waals surface area contributed by atoms with Crippen molar-refractivity contribution in [3.05, 3.63) is 29.6 Å². The predicted octanol–water partition coefficient (Wildman–Crippen LogP) is 2.56. The summed E-state index contributed by atoms with van der Waals surface area (Å²) in [7, 11) is 1.35. The van der Waals surface area contributed by atoms with Crippen molar-refractivity contribution in [2.45, 2.75) is 25.4 Å². The normalized spacial score (nSPS) is 22.3. The van der Waals surface area contributed by atoms with E-state index in [1.807, 2.05) is 6.92 Å². The highest BCUT2D eigenvalue weighted by atomic mass is 19.1. The molecule has 2 rings (SSSR count). The third kappa shape index (κ3) is 3.04. The van der Waals surface area contributed by atoms with Gasteiger partial charge in [-0.1, -0.05) is 6.07 Å². The molecular weight excluding hydrogens is 251 g/mol. The zero-order chi connectivity index (χ0) is 13.9. The monoisotopic (exact) mass is 268 g/mol. The van der Waals surface area contributed by atoms with E-state index >= 15 is 0 Å². The molecule has 1 atom stereocenters. The van der Waals surface area contributed by atoms with Crippen LogP contribution in [-0.2, 0) is 9.47 Å². The molecule has 19 heavy (non-hydrogen) atoms. The summed E-state index contributed by atoms with van der Waals surface area (Å²) < 4.78 is 29.3. The van der Waals surface area contributed by atoms with Gasteiger partial charge in [0.05, 0.1) is 18.3 Å². The van der Waals surface area contributed by atoms with Gasteiger partial charge in [-0.3, -0.25) is 0 Å². The van der Waals surface area contributed by atoms with Gasteiger partial charge < -0.3 is 14.2 Å². The number of carbonyl (C=O) groups excluding carboxylic acids is 1. The minimum atomic E-state index is -0.701. The molecule has 1 aromatic carbocycles. The smallest absolute Gasteiger partial charge is 0.341 e. The first kappa shape index (κ1) is 13.8. The van der Waals surface area contributed by atoms with E-state index in [1.165, 1.54) is 19.2 Å². The summed E-state index contributed by atoms with van der Waals surface area (Å²) in [5.41, 5.74) is -0.577. The summed E-state index contributed by atoms with van der Waals surface area (Å²) in [4.78, 5) is 11.9. The zero-order valence-electron chi connectivity index (χ0n) is 11.1. The molecule has 1 aliphatic rings. The number of esters is 1. The van der Waals surface area contributed by atoms with Crippen molar-refractivity contribution in [2.24, 2.45) is 0 Å². The fourth-order valence-electron chi connectivity index (χ4n) is 2.07. The van der Waals surface area contributed by atoms with Crippen molar-refractivity contribution < 1.29 is 23.4 Å². The van der Waals surface area contributed by atoms with Gasteiger partial charge in [-0.2, -0.15) is 0 Å². The van der Waals surface area contributed by atoms with E-state index in [0.29, 0.717) is 6.61 Å². The van der Waals surface area contributed by atoms with Gasteiger partial charge in [-0.25, -0.2) is 9.18 Å². The standard InChI is InChI=1S/C14H17FO4/c1-14(7-4-8-19-14)9-18-13(16)10-5-3-6-11(17-2)12(10)15/h3,5-6H,4,7-9H2,1-2H3/t14-/m1/s1. The Kier molecular flexibility index (Phi) is 4.04. The number of halogens is 1. The fraction of sp³-hybridized carbons (Fsp3) is 0.500. The van der Waals surface area contributed by atoms with Gasteiger partial charge in [0.2, 0.25) is 0 Å². The molecule has 1 aromatic rings. The minimum absolute atomic E-state index is 0.0257. The first-order chi connectivity index (χ1) is 9.06. The number of ether oxygens (including phenoxy) is 3. The Morgan fingerprint density at radius 2 is 2.32 bits per heavy atom. The maximum absolute atomic E-state index is 13.9. The summed E-state index contributed by atoms with van der Waals surface area (Å²) >= 11 is 0. The molecule has 1 saturated heterocycles. The fourth-order valence-corrected chi connectivity index (χ4v) is 2.07. The Balaban J connectivity index is 2.04. The van der Waals surface area contributed by atoms with Crippen molar-refractivity contribution >= 4 is 5.97 Å². The van der Waals surface area contributed by atoms with Crippen LogP contribution in [0.2, 0.25) is 0 Å². The topological polar surface area (TPSA) is 44.8 Å². The van der Waals surface area contributed by atoms with Gasteiger partial charge in [0.1, 0.15) is 6.61 Å². The van der Waals surface area contributed by atoms with E-state index in [1.54, 1.807) is 6.07 Å². The van der Waals surface area contributed by atoms with Gasteiger partial charge in [0.25, 0.3) is 0 Å². The van der Waals surface area contributed by atoms with Crippen molar-refractivity contribution in [1.29, 1.82) is 0 Å². The Morgan fingerprint density at radius 1 is 1.53 bits per heavy atom. The molecule has 0 aromatic heterocycles. The van der Waals surface area contributed by atoms with Gasteiger partial charge >= 0.3 is 5.97 Å². The summed E-state index contributed by atoms with van der Waals surface area (Å²) in [6.45, 7) is 2.68. The molecule has 104 valence electrons. The number of carbonyl (C=O) groups is 1. The maximum Gasteiger partial charge on any atom is 0.341 e. The zero-order valence-corrected chi connectivity index (χ0v) is 11.1. The molecular formula is C14H17FO4. The second-order valence-electron chi connectivity index (χ2n) is 4.80. The molecule has 0 aliphatic carbocycles. The largest absolute Gasteiger partial charge is 0.494 e. The third-order valence-electron chi connectivity index (χ3n) is 3.21. The van der Waals surface area contributed by atoms with Crippen LogP contribution in [0.25, 0.3) is 0 Å². The molecule has 5 heteroatoms. The predicted molar refractivity (Wildman–Crippen MR) is 66.8 cm³/mol. The maximum atomic E-state index is 13.9. The lowest BCUT2D eigenvalue weighted by Gasteiger charge is -2.22. The van der Waals surface area contributed by atoms with Crippen LogP contribution in [0.4, 0.5) is 4.39 Å². The SMILES string of the molecule is COc1cccc(C(=O)OC[C@@]2(C)CCCO2)c1F.